The van der Waals surface area contributed by atoms with Crippen molar-refractivity contribution < 1.29 is 4.79 Å². The Hall–Kier alpha value is -0.710. The summed E-state index contributed by atoms with van der Waals surface area (Å²) in [5.41, 5.74) is 1.20. The van der Waals surface area contributed by atoms with Crippen molar-refractivity contribution in [1.29, 1.82) is 0 Å². The Morgan fingerprint density at radius 2 is 2.21 bits per heavy atom. The Morgan fingerprint density at radius 3 is 3.00 bits per heavy atom. The predicted octanol–water partition coefficient (Wildman–Crippen LogP) is 2.17. The lowest BCUT2D eigenvalue weighted by molar-refractivity contribution is -0.122. The Balaban J connectivity index is 0.00000133. The van der Waals surface area contributed by atoms with Crippen LogP contribution in [0.2, 0.25) is 0 Å². The van der Waals surface area contributed by atoms with Crippen molar-refractivity contribution in [3.63, 3.8) is 0 Å². The lowest BCUT2D eigenvalue weighted by Crippen LogP contribution is -2.47. The first-order valence-electron chi connectivity index (χ1n) is 6.57. The van der Waals surface area contributed by atoms with E-state index in [0.29, 0.717) is 6.04 Å². The molecule has 3 nitrogen and oxygen atoms in total. The normalized spacial score (nSPS) is 25.3. The van der Waals surface area contributed by atoms with Crippen molar-refractivity contribution in [3.8, 4) is 0 Å². The van der Waals surface area contributed by atoms with Crippen molar-refractivity contribution >= 4 is 30.1 Å². The fourth-order valence-electron chi connectivity index (χ4n) is 2.66. The first-order valence-corrected chi connectivity index (χ1v) is 7.56. The maximum Gasteiger partial charge on any atom is 0.228 e. The molecule has 1 unspecified atom stereocenters. The molecule has 5 heteroatoms. The molecule has 1 aromatic rings. The summed E-state index contributed by atoms with van der Waals surface area (Å²) in [6, 6.07) is 8.56. The Morgan fingerprint density at radius 1 is 1.37 bits per heavy atom. The highest BCUT2D eigenvalue weighted by molar-refractivity contribution is 7.99. The number of halogens is 1. The van der Waals surface area contributed by atoms with Crippen LogP contribution >= 0.6 is 24.2 Å². The number of piperidine rings is 1. The van der Waals surface area contributed by atoms with Crippen LogP contribution in [0.15, 0.2) is 29.2 Å². The maximum atomic E-state index is 12.3. The van der Waals surface area contributed by atoms with E-state index in [9.17, 15) is 4.79 Å². The molecule has 0 bridgehead atoms. The zero-order chi connectivity index (χ0) is 12.4. The number of hydrogen-bond donors (Lipinski definition) is 2. The topological polar surface area (TPSA) is 41.1 Å². The van der Waals surface area contributed by atoms with Crippen LogP contribution in [0.5, 0.6) is 0 Å². The standard InChI is InChI=1S/C14H18N2OS.ClH/c17-14(16-10-4-3-7-15-8-10)12-9-18-13-6-2-1-5-11(12)13;/h1-2,5-6,10,12,15H,3-4,7-9H2,(H,16,17);1H/t10-,12?;/m0./s1. The molecule has 3 rings (SSSR count). The molecule has 1 fully saturated rings. The van der Waals surface area contributed by atoms with Crippen molar-refractivity contribution in [1.82, 2.24) is 10.6 Å². The van der Waals surface area contributed by atoms with Gasteiger partial charge in [-0.05, 0) is 31.0 Å². The molecule has 104 valence electrons. The average Bonchev–Trinajstić information content (AvgIpc) is 2.84. The quantitative estimate of drug-likeness (QED) is 0.879. The second-order valence-corrected chi connectivity index (χ2v) is 6.02. The molecule has 0 aliphatic carbocycles. The van der Waals surface area contributed by atoms with Crippen LogP contribution in [0.3, 0.4) is 0 Å². The molecule has 0 spiro atoms. The maximum absolute atomic E-state index is 12.3. The molecular weight excluding hydrogens is 280 g/mol. The van der Waals surface area contributed by atoms with E-state index < -0.39 is 0 Å². The van der Waals surface area contributed by atoms with E-state index in [2.05, 4.69) is 22.8 Å². The summed E-state index contributed by atoms with van der Waals surface area (Å²) in [5.74, 6) is 1.11. The van der Waals surface area contributed by atoms with E-state index in [1.165, 1.54) is 10.5 Å². The van der Waals surface area contributed by atoms with Crippen LogP contribution in [0.25, 0.3) is 0 Å². The first kappa shape index (κ1) is 14.7. The van der Waals surface area contributed by atoms with E-state index >= 15 is 0 Å². The molecule has 2 atom stereocenters. The Labute approximate surface area is 124 Å². The number of thioether (sulfide) groups is 1. The summed E-state index contributed by atoms with van der Waals surface area (Å²) >= 11 is 1.79. The molecule has 0 aromatic heterocycles. The highest BCUT2D eigenvalue weighted by Crippen LogP contribution is 2.39. The average molecular weight is 299 g/mol. The monoisotopic (exact) mass is 298 g/mol. The smallest absolute Gasteiger partial charge is 0.228 e. The number of hydrogen-bond acceptors (Lipinski definition) is 3. The lowest BCUT2D eigenvalue weighted by Gasteiger charge is -2.25. The molecule has 2 aliphatic rings. The van der Waals surface area contributed by atoms with Gasteiger partial charge in [-0.1, -0.05) is 18.2 Å². The van der Waals surface area contributed by atoms with Crippen LogP contribution < -0.4 is 10.6 Å². The number of carbonyl (C=O) groups excluding carboxylic acids is 1. The minimum atomic E-state index is 0. The Kier molecular flexibility index (Phi) is 5.13. The van der Waals surface area contributed by atoms with Gasteiger partial charge < -0.3 is 10.6 Å². The Bertz CT molecular complexity index is 449. The molecule has 19 heavy (non-hydrogen) atoms. The molecule has 1 saturated heterocycles. The fraction of sp³-hybridized carbons (Fsp3) is 0.500. The molecule has 1 aromatic carbocycles. The van der Waals surface area contributed by atoms with Crippen LogP contribution in [0.1, 0.15) is 24.3 Å². The van der Waals surface area contributed by atoms with Gasteiger partial charge in [0.25, 0.3) is 0 Å². The molecule has 2 N–H and O–H groups in total. The van der Waals surface area contributed by atoms with Gasteiger partial charge in [-0.25, -0.2) is 0 Å². The van der Waals surface area contributed by atoms with Gasteiger partial charge in [0, 0.05) is 23.2 Å². The van der Waals surface area contributed by atoms with Crippen molar-refractivity contribution in [2.45, 2.75) is 29.7 Å². The minimum absolute atomic E-state index is 0. The lowest BCUT2D eigenvalue weighted by atomic mass is 9.99. The van der Waals surface area contributed by atoms with E-state index in [0.717, 1.165) is 31.7 Å². The second kappa shape index (κ2) is 6.64. The number of amides is 1. The summed E-state index contributed by atoms with van der Waals surface area (Å²) in [4.78, 5) is 13.6. The van der Waals surface area contributed by atoms with Gasteiger partial charge in [0.15, 0.2) is 0 Å². The molecule has 0 radical (unpaired) electrons. The predicted molar refractivity (Wildman–Crippen MR) is 81.2 cm³/mol. The summed E-state index contributed by atoms with van der Waals surface area (Å²) < 4.78 is 0. The van der Waals surface area contributed by atoms with E-state index in [4.69, 9.17) is 0 Å². The zero-order valence-corrected chi connectivity index (χ0v) is 12.4. The third-order valence-corrected chi connectivity index (χ3v) is 4.84. The van der Waals surface area contributed by atoms with Crippen molar-refractivity contribution in [2.75, 3.05) is 18.8 Å². The van der Waals surface area contributed by atoms with Crippen molar-refractivity contribution in [3.05, 3.63) is 29.8 Å². The third kappa shape index (κ3) is 3.25. The fourth-order valence-corrected chi connectivity index (χ4v) is 3.89. The van der Waals surface area contributed by atoms with Gasteiger partial charge in [-0.2, -0.15) is 0 Å². The second-order valence-electron chi connectivity index (χ2n) is 4.95. The van der Waals surface area contributed by atoms with Crippen LogP contribution in [-0.2, 0) is 4.79 Å². The van der Waals surface area contributed by atoms with Crippen LogP contribution in [0.4, 0.5) is 0 Å². The summed E-state index contributed by atoms with van der Waals surface area (Å²) in [6.45, 7) is 1.99. The van der Waals surface area contributed by atoms with Crippen LogP contribution in [-0.4, -0.2) is 30.8 Å². The van der Waals surface area contributed by atoms with Gasteiger partial charge in [-0.3, -0.25) is 4.79 Å². The molecular formula is C14H19ClN2OS. The largest absolute Gasteiger partial charge is 0.352 e. The van der Waals surface area contributed by atoms with Crippen LogP contribution in [0, 0.1) is 0 Å². The number of nitrogens with one attached hydrogen (secondary N) is 2. The minimum Gasteiger partial charge on any atom is -0.352 e. The summed E-state index contributed by atoms with van der Waals surface area (Å²) in [5, 5.41) is 6.52. The van der Waals surface area contributed by atoms with E-state index in [1.807, 2.05) is 12.1 Å². The number of rotatable bonds is 2. The number of fused-ring (bicyclic) bond motifs is 1. The molecule has 2 aliphatic heterocycles. The molecule has 2 heterocycles. The van der Waals surface area contributed by atoms with Gasteiger partial charge in [0.2, 0.25) is 5.91 Å². The van der Waals surface area contributed by atoms with Gasteiger partial charge in [-0.15, -0.1) is 24.2 Å². The first-order chi connectivity index (χ1) is 8.84. The summed E-state index contributed by atoms with van der Waals surface area (Å²) in [7, 11) is 0. The highest BCUT2D eigenvalue weighted by atomic mass is 35.5. The SMILES string of the molecule is Cl.O=C(N[C@H]1CCCNC1)C1CSc2ccccc21. The highest BCUT2D eigenvalue weighted by Gasteiger charge is 2.30. The van der Waals surface area contributed by atoms with Gasteiger partial charge >= 0.3 is 0 Å². The number of carbonyl (C=O) groups is 1. The van der Waals surface area contributed by atoms with E-state index in [-0.39, 0.29) is 24.2 Å². The van der Waals surface area contributed by atoms with E-state index in [1.54, 1.807) is 11.8 Å². The third-order valence-electron chi connectivity index (χ3n) is 3.66. The molecule has 0 saturated carbocycles. The number of benzene rings is 1. The molecule has 1 amide bonds. The zero-order valence-electron chi connectivity index (χ0n) is 10.7. The summed E-state index contributed by atoms with van der Waals surface area (Å²) in [6.07, 6.45) is 2.25. The van der Waals surface area contributed by atoms with Crippen molar-refractivity contribution in [2.24, 2.45) is 0 Å². The van der Waals surface area contributed by atoms with Gasteiger partial charge in [0.05, 0.1) is 5.92 Å². The van der Waals surface area contributed by atoms with Gasteiger partial charge in [0.1, 0.15) is 0 Å².